The first-order chi connectivity index (χ1) is 19.5. The Morgan fingerprint density at radius 1 is 0.900 bits per heavy atom. The van der Waals surface area contributed by atoms with Gasteiger partial charge in [0, 0.05) is 43.9 Å². The maximum absolute atomic E-state index is 13.7. The van der Waals surface area contributed by atoms with Crippen molar-refractivity contribution < 1.29 is 4.79 Å². The third-order valence-corrected chi connectivity index (χ3v) is 8.85. The van der Waals surface area contributed by atoms with Crippen molar-refractivity contribution in [3.05, 3.63) is 116 Å². The van der Waals surface area contributed by atoms with Gasteiger partial charge in [0.1, 0.15) is 15.8 Å². The van der Waals surface area contributed by atoms with Crippen LogP contribution in [0.5, 0.6) is 0 Å². The van der Waals surface area contributed by atoms with Crippen LogP contribution in [0.25, 0.3) is 11.7 Å². The van der Waals surface area contributed by atoms with Gasteiger partial charge in [0.2, 0.25) is 0 Å². The molecule has 0 unspecified atom stereocenters. The van der Waals surface area contributed by atoms with Gasteiger partial charge in [0.05, 0.1) is 17.0 Å². The average molecular weight is 588 g/mol. The first kappa shape index (κ1) is 26.7. The molecule has 0 bridgehead atoms. The van der Waals surface area contributed by atoms with Crippen LogP contribution in [0.3, 0.4) is 0 Å². The van der Waals surface area contributed by atoms with Crippen LogP contribution in [-0.2, 0) is 17.9 Å². The molecule has 2 aliphatic heterocycles. The minimum atomic E-state index is -0.244. The fraction of sp³-hybridized carbons (Fsp3) is 0.200. The number of hydrogen-bond acceptors (Lipinski definition) is 7. The maximum atomic E-state index is 13.7. The van der Waals surface area contributed by atoms with Crippen molar-refractivity contribution in [2.45, 2.75) is 13.1 Å². The lowest BCUT2D eigenvalue weighted by atomic mass is 10.1. The van der Waals surface area contributed by atoms with Crippen LogP contribution in [0.4, 0.5) is 5.82 Å². The fourth-order valence-electron chi connectivity index (χ4n) is 4.98. The van der Waals surface area contributed by atoms with Crippen molar-refractivity contribution >= 4 is 63.3 Å². The Labute approximate surface area is 246 Å². The summed E-state index contributed by atoms with van der Waals surface area (Å²) in [6.45, 7) is 4.26. The number of carbonyl (C=O) groups is 1. The van der Waals surface area contributed by atoms with Gasteiger partial charge in [-0.2, -0.15) is 0 Å². The molecule has 0 radical (unpaired) electrons. The van der Waals surface area contributed by atoms with E-state index < -0.39 is 0 Å². The van der Waals surface area contributed by atoms with Crippen molar-refractivity contribution in [3.8, 4) is 0 Å². The molecule has 40 heavy (non-hydrogen) atoms. The van der Waals surface area contributed by atoms with Crippen molar-refractivity contribution in [3.63, 3.8) is 0 Å². The van der Waals surface area contributed by atoms with Crippen LogP contribution >= 0.6 is 35.6 Å². The van der Waals surface area contributed by atoms with Crippen LogP contribution in [0.1, 0.15) is 16.7 Å². The van der Waals surface area contributed by atoms with Gasteiger partial charge in [-0.25, -0.2) is 4.98 Å². The molecule has 0 spiro atoms. The van der Waals surface area contributed by atoms with Crippen molar-refractivity contribution in [1.29, 1.82) is 0 Å². The van der Waals surface area contributed by atoms with Gasteiger partial charge < -0.3 is 4.90 Å². The third-order valence-electron chi connectivity index (χ3n) is 7.11. The first-order valence-electron chi connectivity index (χ1n) is 13.0. The van der Waals surface area contributed by atoms with E-state index in [-0.39, 0.29) is 18.0 Å². The standard InChI is InChI=1S/C30H26ClN5O2S2/c31-24-11-5-4-10-22(24)20-36-29(38)25(40-30(36)39)18-23-27(32-26-12-6-7-13-35(26)28(23)37)34-16-14-33(15-17-34)19-21-8-2-1-3-9-21/h1-13,18H,14-17,19-20H2/b25-18+. The van der Waals surface area contributed by atoms with Crippen molar-refractivity contribution in [2.24, 2.45) is 0 Å². The second-order valence-electron chi connectivity index (χ2n) is 9.69. The molecule has 7 nitrogen and oxygen atoms in total. The molecule has 0 saturated carbocycles. The van der Waals surface area contributed by atoms with E-state index >= 15 is 0 Å². The van der Waals surface area contributed by atoms with E-state index in [2.05, 4.69) is 34.1 Å². The summed E-state index contributed by atoms with van der Waals surface area (Å²) in [4.78, 5) is 38.6. The Kier molecular flexibility index (Phi) is 7.71. The molecule has 6 rings (SSSR count). The van der Waals surface area contributed by atoms with E-state index in [1.165, 1.54) is 26.6 Å². The molecule has 2 aromatic heterocycles. The van der Waals surface area contributed by atoms with E-state index in [9.17, 15) is 9.59 Å². The summed E-state index contributed by atoms with van der Waals surface area (Å²) in [6, 6.07) is 23.3. The number of carbonyl (C=O) groups excluding carboxylic acids is 1. The molecule has 1 amide bonds. The van der Waals surface area contributed by atoms with Crippen LogP contribution in [0, 0.1) is 0 Å². The van der Waals surface area contributed by atoms with E-state index in [1.54, 1.807) is 24.4 Å². The predicted molar refractivity (Wildman–Crippen MR) is 166 cm³/mol. The summed E-state index contributed by atoms with van der Waals surface area (Å²) in [7, 11) is 0. The number of thioether (sulfide) groups is 1. The van der Waals surface area contributed by atoms with E-state index in [0.29, 0.717) is 31.3 Å². The van der Waals surface area contributed by atoms with Crippen LogP contribution in [-0.4, -0.2) is 55.6 Å². The van der Waals surface area contributed by atoms with Gasteiger partial charge in [-0.3, -0.25) is 23.8 Å². The molecule has 2 aromatic carbocycles. The summed E-state index contributed by atoms with van der Waals surface area (Å²) in [5, 5.41) is 0.575. The highest BCUT2D eigenvalue weighted by Gasteiger charge is 2.33. The largest absolute Gasteiger partial charge is 0.353 e. The number of hydrogen-bond donors (Lipinski definition) is 0. The van der Waals surface area contributed by atoms with Crippen LogP contribution < -0.4 is 10.5 Å². The molecule has 202 valence electrons. The molecule has 0 aliphatic carbocycles. The molecule has 0 atom stereocenters. The monoisotopic (exact) mass is 587 g/mol. The van der Waals surface area contributed by atoms with Gasteiger partial charge in [0.15, 0.2) is 0 Å². The molecule has 4 heterocycles. The number of anilines is 1. The lowest BCUT2D eigenvalue weighted by molar-refractivity contribution is -0.122. The highest BCUT2D eigenvalue weighted by molar-refractivity contribution is 8.26. The molecule has 4 aromatic rings. The number of nitrogens with zero attached hydrogens (tertiary/aromatic N) is 5. The summed E-state index contributed by atoms with van der Waals surface area (Å²) < 4.78 is 1.95. The minimum absolute atomic E-state index is 0.219. The average Bonchev–Trinajstić information content (AvgIpc) is 3.24. The smallest absolute Gasteiger partial charge is 0.267 e. The predicted octanol–water partition coefficient (Wildman–Crippen LogP) is 5.07. The number of fused-ring (bicyclic) bond motifs is 1. The molecule has 2 fully saturated rings. The summed E-state index contributed by atoms with van der Waals surface area (Å²) in [5.41, 5.74) is 2.82. The zero-order chi connectivity index (χ0) is 27.6. The van der Waals surface area contributed by atoms with E-state index in [0.717, 1.165) is 38.3 Å². The van der Waals surface area contributed by atoms with Crippen LogP contribution in [0.15, 0.2) is 88.7 Å². The second kappa shape index (κ2) is 11.5. The highest BCUT2D eigenvalue weighted by Crippen LogP contribution is 2.35. The third kappa shape index (κ3) is 5.42. The number of aromatic nitrogens is 2. The van der Waals surface area contributed by atoms with E-state index in [4.69, 9.17) is 28.8 Å². The van der Waals surface area contributed by atoms with Gasteiger partial charge in [-0.05, 0) is 35.4 Å². The normalized spacial score (nSPS) is 17.4. The number of thiocarbonyl (C=S) groups is 1. The number of amides is 1. The first-order valence-corrected chi connectivity index (χ1v) is 14.6. The number of halogens is 1. The molecule has 2 aliphatic rings. The molecule has 2 saturated heterocycles. The highest BCUT2D eigenvalue weighted by atomic mass is 35.5. The summed E-state index contributed by atoms with van der Waals surface area (Å²) >= 11 is 13.1. The topological polar surface area (TPSA) is 61.2 Å². The Balaban J connectivity index is 1.30. The summed E-state index contributed by atoms with van der Waals surface area (Å²) in [6.07, 6.45) is 3.36. The van der Waals surface area contributed by atoms with Gasteiger partial charge in [-0.15, -0.1) is 0 Å². The lowest BCUT2D eigenvalue weighted by Crippen LogP contribution is -2.47. The number of pyridine rings is 1. The fourth-order valence-corrected chi connectivity index (χ4v) is 6.41. The second-order valence-corrected chi connectivity index (χ2v) is 11.8. The molecular formula is C30H26ClN5O2S2. The van der Waals surface area contributed by atoms with Crippen LogP contribution in [0.2, 0.25) is 5.02 Å². The summed E-state index contributed by atoms with van der Waals surface area (Å²) in [5.74, 6) is 0.345. The molecule has 0 N–H and O–H groups in total. The van der Waals surface area contributed by atoms with Gasteiger partial charge in [-0.1, -0.05) is 90.2 Å². The zero-order valence-electron chi connectivity index (χ0n) is 21.6. The van der Waals surface area contributed by atoms with Gasteiger partial charge in [0.25, 0.3) is 11.5 Å². The molecule has 10 heteroatoms. The Morgan fingerprint density at radius 3 is 2.40 bits per heavy atom. The Hall–Kier alpha value is -3.50. The lowest BCUT2D eigenvalue weighted by Gasteiger charge is -2.36. The maximum Gasteiger partial charge on any atom is 0.267 e. The van der Waals surface area contributed by atoms with Crippen molar-refractivity contribution in [1.82, 2.24) is 19.2 Å². The van der Waals surface area contributed by atoms with E-state index in [1.807, 2.05) is 36.4 Å². The van der Waals surface area contributed by atoms with Gasteiger partial charge >= 0.3 is 0 Å². The number of benzene rings is 2. The quantitative estimate of drug-likeness (QED) is 0.230. The number of rotatable bonds is 6. The Morgan fingerprint density at radius 2 is 1.62 bits per heavy atom. The zero-order valence-corrected chi connectivity index (χ0v) is 24.0. The number of piperazine rings is 1. The molecular weight excluding hydrogens is 562 g/mol. The SMILES string of the molecule is O=C1/C(=C\c2c(N3CCN(Cc4ccccc4)CC3)nc3ccccn3c2=O)SC(=S)N1Cc1ccccc1Cl. The Bertz CT molecular complexity index is 1680. The minimum Gasteiger partial charge on any atom is -0.353 e. The van der Waals surface area contributed by atoms with Crippen molar-refractivity contribution in [2.75, 3.05) is 31.1 Å².